The minimum atomic E-state index is -0.115. The molecule has 0 spiro atoms. The van der Waals surface area contributed by atoms with Gasteiger partial charge in [-0.25, -0.2) is 4.98 Å². The number of fused-ring (bicyclic) bond motifs is 1. The molecule has 0 aliphatic rings. The van der Waals surface area contributed by atoms with E-state index in [1.807, 2.05) is 38.2 Å². The van der Waals surface area contributed by atoms with Crippen molar-refractivity contribution in [3.63, 3.8) is 0 Å². The van der Waals surface area contributed by atoms with Crippen LogP contribution in [0.5, 0.6) is 0 Å². The summed E-state index contributed by atoms with van der Waals surface area (Å²) in [6.45, 7) is 5.23. The Labute approximate surface area is 140 Å². The van der Waals surface area contributed by atoms with E-state index in [9.17, 15) is 9.59 Å². The number of carbonyl (C=O) groups is 2. The van der Waals surface area contributed by atoms with Gasteiger partial charge in [-0.3, -0.25) is 14.0 Å². The summed E-state index contributed by atoms with van der Waals surface area (Å²) in [5.41, 5.74) is 2.37. The van der Waals surface area contributed by atoms with Crippen molar-refractivity contribution in [3.05, 3.63) is 71.7 Å². The van der Waals surface area contributed by atoms with E-state index in [1.165, 1.54) is 0 Å². The Bertz CT molecular complexity index is 877. The lowest BCUT2D eigenvalue weighted by Crippen LogP contribution is -2.30. The molecule has 0 aliphatic heterocycles. The molecule has 0 bridgehead atoms. The second-order valence-corrected chi connectivity index (χ2v) is 5.46. The molecule has 2 heterocycles. The van der Waals surface area contributed by atoms with Crippen LogP contribution in [0, 0.1) is 0 Å². The van der Waals surface area contributed by atoms with E-state index in [0.717, 1.165) is 5.65 Å². The average Bonchev–Trinajstić information content (AvgIpc) is 3.06. The summed E-state index contributed by atoms with van der Waals surface area (Å²) >= 11 is 0. The first-order valence-corrected chi connectivity index (χ1v) is 8.01. The maximum Gasteiger partial charge on any atom is 0.253 e. The van der Waals surface area contributed by atoms with E-state index < -0.39 is 0 Å². The fourth-order valence-electron chi connectivity index (χ4n) is 2.71. The standard InChI is InChI=1S/C19H19N3O2/c1-3-21(4-2)19(24)15-10-8-14(9-11-15)18(23)16-13-20-17-7-5-6-12-22(16)17/h5-13H,3-4H2,1-2H3. The summed E-state index contributed by atoms with van der Waals surface area (Å²) in [5.74, 6) is -0.135. The molecule has 0 saturated carbocycles. The number of benzene rings is 1. The molecule has 1 amide bonds. The highest BCUT2D eigenvalue weighted by atomic mass is 16.2. The number of aromatic nitrogens is 2. The number of rotatable bonds is 5. The van der Waals surface area contributed by atoms with E-state index >= 15 is 0 Å². The van der Waals surface area contributed by atoms with Gasteiger partial charge in [-0.05, 0) is 38.1 Å². The molecule has 122 valence electrons. The maximum atomic E-state index is 12.7. The Balaban J connectivity index is 1.88. The molecular weight excluding hydrogens is 302 g/mol. The number of pyridine rings is 1. The minimum Gasteiger partial charge on any atom is -0.339 e. The number of carbonyl (C=O) groups excluding carboxylic acids is 2. The average molecular weight is 321 g/mol. The summed E-state index contributed by atoms with van der Waals surface area (Å²) < 4.78 is 1.76. The molecule has 2 aromatic heterocycles. The van der Waals surface area contributed by atoms with Gasteiger partial charge >= 0.3 is 0 Å². The highest BCUT2D eigenvalue weighted by Crippen LogP contribution is 2.14. The van der Waals surface area contributed by atoms with Gasteiger partial charge in [-0.1, -0.05) is 18.2 Å². The Hall–Kier alpha value is -2.95. The number of hydrogen-bond acceptors (Lipinski definition) is 3. The van der Waals surface area contributed by atoms with Crippen LogP contribution in [0.15, 0.2) is 54.9 Å². The third-order valence-corrected chi connectivity index (χ3v) is 4.09. The topological polar surface area (TPSA) is 54.7 Å². The highest BCUT2D eigenvalue weighted by molar-refractivity contribution is 6.08. The van der Waals surface area contributed by atoms with Crippen LogP contribution in [0.4, 0.5) is 0 Å². The van der Waals surface area contributed by atoms with Gasteiger partial charge in [0.05, 0.1) is 6.20 Å². The quantitative estimate of drug-likeness (QED) is 0.679. The number of nitrogens with zero attached hydrogens (tertiary/aromatic N) is 3. The zero-order valence-electron chi connectivity index (χ0n) is 13.8. The zero-order valence-corrected chi connectivity index (χ0v) is 13.8. The summed E-state index contributed by atoms with van der Waals surface area (Å²) in [6, 6.07) is 12.4. The van der Waals surface area contributed by atoms with E-state index in [0.29, 0.717) is 29.9 Å². The molecule has 5 nitrogen and oxygen atoms in total. The number of imidazole rings is 1. The first kappa shape index (κ1) is 15.9. The smallest absolute Gasteiger partial charge is 0.253 e. The van der Waals surface area contributed by atoms with Crippen LogP contribution in [-0.4, -0.2) is 39.1 Å². The fourth-order valence-corrected chi connectivity index (χ4v) is 2.71. The second-order valence-electron chi connectivity index (χ2n) is 5.46. The molecule has 3 aromatic rings. The van der Waals surface area contributed by atoms with Crippen molar-refractivity contribution in [2.24, 2.45) is 0 Å². The van der Waals surface area contributed by atoms with Crippen molar-refractivity contribution in [2.75, 3.05) is 13.1 Å². The van der Waals surface area contributed by atoms with Gasteiger partial charge in [0.25, 0.3) is 5.91 Å². The van der Waals surface area contributed by atoms with Crippen LogP contribution >= 0.6 is 0 Å². The van der Waals surface area contributed by atoms with Crippen molar-refractivity contribution < 1.29 is 9.59 Å². The number of ketones is 1. The zero-order chi connectivity index (χ0) is 17.1. The molecule has 24 heavy (non-hydrogen) atoms. The molecule has 0 aliphatic carbocycles. The monoisotopic (exact) mass is 321 g/mol. The van der Waals surface area contributed by atoms with Gasteiger partial charge < -0.3 is 4.90 Å². The molecular formula is C19H19N3O2. The highest BCUT2D eigenvalue weighted by Gasteiger charge is 2.16. The summed E-state index contributed by atoms with van der Waals surface area (Å²) in [6.07, 6.45) is 3.39. The van der Waals surface area contributed by atoms with Crippen LogP contribution in [-0.2, 0) is 0 Å². The van der Waals surface area contributed by atoms with Gasteiger partial charge in [-0.2, -0.15) is 0 Å². The molecule has 0 atom stereocenters. The van der Waals surface area contributed by atoms with Gasteiger partial charge in [-0.15, -0.1) is 0 Å². The predicted octanol–water partition coefficient (Wildman–Crippen LogP) is 3.05. The van der Waals surface area contributed by atoms with Crippen molar-refractivity contribution in [1.82, 2.24) is 14.3 Å². The first-order chi connectivity index (χ1) is 11.7. The van der Waals surface area contributed by atoms with Gasteiger partial charge in [0, 0.05) is 30.4 Å². The Morgan fingerprint density at radius 1 is 1.00 bits per heavy atom. The lowest BCUT2D eigenvalue weighted by molar-refractivity contribution is 0.0772. The van der Waals surface area contributed by atoms with Gasteiger partial charge in [0.2, 0.25) is 5.78 Å². The molecule has 0 unspecified atom stereocenters. The molecule has 0 fully saturated rings. The van der Waals surface area contributed by atoms with Gasteiger partial charge in [0.15, 0.2) is 0 Å². The van der Waals surface area contributed by atoms with Crippen LogP contribution in [0.25, 0.3) is 5.65 Å². The molecule has 0 radical (unpaired) electrons. The van der Waals surface area contributed by atoms with E-state index in [2.05, 4.69) is 4.98 Å². The summed E-state index contributed by atoms with van der Waals surface area (Å²) in [5, 5.41) is 0. The van der Waals surface area contributed by atoms with Crippen molar-refractivity contribution in [1.29, 1.82) is 0 Å². The predicted molar refractivity (Wildman–Crippen MR) is 92.3 cm³/mol. The van der Waals surface area contributed by atoms with E-state index in [1.54, 1.807) is 39.8 Å². The van der Waals surface area contributed by atoms with Crippen LogP contribution in [0.3, 0.4) is 0 Å². The third-order valence-electron chi connectivity index (χ3n) is 4.09. The SMILES string of the molecule is CCN(CC)C(=O)c1ccc(C(=O)c2cnc3ccccn23)cc1. The number of amides is 1. The maximum absolute atomic E-state index is 12.7. The van der Waals surface area contributed by atoms with Crippen molar-refractivity contribution in [2.45, 2.75) is 13.8 Å². The molecule has 1 aromatic carbocycles. The summed E-state index contributed by atoms with van der Waals surface area (Å²) in [7, 11) is 0. The van der Waals surface area contributed by atoms with E-state index in [4.69, 9.17) is 0 Å². The normalized spacial score (nSPS) is 10.8. The van der Waals surface area contributed by atoms with Crippen molar-refractivity contribution >= 4 is 17.3 Å². The molecule has 0 saturated heterocycles. The summed E-state index contributed by atoms with van der Waals surface area (Å²) in [4.78, 5) is 31.0. The van der Waals surface area contributed by atoms with Crippen LogP contribution < -0.4 is 0 Å². The molecule has 5 heteroatoms. The van der Waals surface area contributed by atoms with Crippen molar-refractivity contribution in [3.8, 4) is 0 Å². The molecule has 0 N–H and O–H groups in total. The second kappa shape index (κ2) is 6.66. The minimum absolute atomic E-state index is 0.0196. The van der Waals surface area contributed by atoms with E-state index in [-0.39, 0.29) is 11.7 Å². The largest absolute Gasteiger partial charge is 0.339 e. The van der Waals surface area contributed by atoms with Crippen LogP contribution in [0.2, 0.25) is 0 Å². The number of hydrogen-bond donors (Lipinski definition) is 0. The Morgan fingerprint density at radius 3 is 2.33 bits per heavy atom. The van der Waals surface area contributed by atoms with Gasteiger partial charge in [0.1, 0.15) is 11.3 Å². The van der Waals surface area contributed by atoms with Crippen LogP contribution in [0.1, 0.15) is 40.3 Å². The lowest BCUT2D eigenvalue weighted by atomic mass is 10.1. The first-order valence-electron chi connectivity index (χ1n) is 8.01. The Kier molecular flexibility index (Phi) is 4.42. The fraction of sp³-hybridized carbons (Fsp3) is 0.211. The molecule has 3 rings (SSSR count). The Morgan fingerprint density at radius 2 is 1.67 bits per heavy atom. The third kappa shape index (κ3) is 2.80. The lowest BCUT2D eigenvalue weighted by Gasteiger charge is -2.18.